The first-order chi connectivity index (χ1) is 10.8. The van der Waals surface area contributed by atoms with Gasteiger partial charge < -0.3 is 4.74 Å². The molecule has 1 heterocycles. The van der Waals surface area contributed by atoms with Crippen LogP contribution in [0.25, 0.3) is 6.08 Å². The smallest absolute Gasteiger partial charge is 0.331 e. The van der Waals surface area contributed by atoms with E-state index in [0.29, 0.717) is 6.61 Å². The van der Waals surface area contributed by atoms with Crippen molar-refractivity contribution in [2.45, 2.75) is 46.6 Å². The van der Waals surface area contributed by atoms with E-state index in [1.165, 1.54) is 22.8 Å². The average Bonchev–Trinajstić information content (AvgIpc) is 2.96. The minimum Gasteiger partial charge on any atom is -0.458 e. The molecule has 0 saturated carbocycles. The van der Waals surface area contributed by atoms with Crippen molar-refractivity contribution >= 4 is 23.4 Å². The molecular weight excluding hydrogens is 304 g/mol. The molecule has 0 atom stereocenters. The molecular formula is C20H24O2S. The number of hydrogen-bond acceptors (Lipinski definition) is 3. The molecule has 1 aromatic carbocycles. The molecule has 23 heavy (non-hydrogen) atoms. The lowest BCUT2D eigenvalue weighted by Gasteiger charge is -2.22. The molecule has 0 radical (unpaired) electrons. The number of aryl methyl sites for hydroxylation is 2. The van der Waals surface area contributed by atoms with Crippen LogP contribution >= 0.6 is 11.3 Å². The van der Waals surface area contributed by atoms with Crippen molar-refractivity contribution < 1.29 is 9.53 Å². The summed E-state index contributed by atoms with van der Waals surface area (Å²) in [5.41, 5.74) is 4.86. The normalized spacial score (nSPS) is 11.9. The van der Waals surface area contributed by atoms with Crippen LogP contribution in [0.2, 0.25) is 0 Å². The van der Waals surface area contributed by atoms with Gasteiger partial charge in [-0.3, -0.25) is 0 Å². The quantitative estimate of drug-likeness (QED) is 0.553. The van der Waals surface area contributed by atoms with E-state index in [1.807, 2.05) is 17.5 Å². The molecule has 2 rings (SSSR count). The Morgan fingerprint density at radius 1 is 1.22 bits per heavy atom. The van der Waals surface area contributed by atoms with Crippen LogP contribution in [0.4, 0.5) is 0 Å². The van der Waals surface area contributed by atoms with E-state index < -0.39 is 0 Å². The fraction of sp³-hybridized carbons (Fsp3) is 0.350. The maximum absolute atomic E-state index is 11.9. The second-order valence-corrected chi connectivity index (χ2v) is 7.77. The van der Waals surface area contributed by atoms with Crippen molar-refractivity contribution in [2.24, 2.45) is 0 Å². The highest BCUT2D eigenvalue weighted by Gasteiger charge is 2.16. The van der Waals surface area contributed by atoms with Crippen molar-refractivity contribution in [3.8, 4) is 0 Å². The molecule has 1 aromatic heterocycles. The Bertz CT molecular complexity index is 681. The van der Waals surface area contributed by atoms with Crippen molar-refractivity contribution in [3.63, 3.8) is 0 Å². The number of esters is 1. The zero-order valence-corrected chi connectivity index (χ0v) is 15.3. The third-order valence-corrected chi connectivity index (χ3v) is 4.69. The number of carbonyl (C=O) groups is 1. The summed E-state index contributed by atoms with van der Waals surface area (Å²) < 4.78 is 5.39. The maximum atomic E-state index is 11.9. The van der Waals surface area contributed by atoms with Crippen LogP contribution < -0.4 is 0 Å². The molecule has 2 aromatic rings. The minimum absolute atomic E-state index is 0.119. The molecule has 0 aliphatic carbocycles. The summed E-state index contributed by atoms with van der Waals surface area (Å²) in [7, 11) is 0. The van der Waals surface area contributed by atoms with Gasteiger partial charge in [0.1, 0.15) is 6.61 Å². The molecule has 0 aliphatic rings. The van der Waals surface area contributed by atoms with Crippen LogP contribution in [0.3, 0.4) is 0 Å². The molecule has 3 heteroatoms. The summed E-state index contributed by atoms with van der Waals surface area (Å²) in [6.45, 7) is 11.1. The largest absolute Gasteiger partial charge is 0.458 e. The number of thiophene rings is 1. The van der Waals surface area contributed by atoms with Crippen molar-refractivity contribution in [3.05, 3.63) is 62.9 Å². The van der Waals surface area contributed by atoms with Crippen LogP contribution in [0.1, 0.15) is 47.9 Å². The van der Waals surface area contributed by atoms with Gasteiger partial charge in [-0.2, -0.15) is 0 Å². The Balaban J connectivity index is 2.04. The van der Waals surface area contributed by atoms with E-state index in [2.05, 4.69) is 46.8 Å². The predicted octanol–water partition coefficient (Wildman–Crippen LogP) is 5.42. The van der Waals surface area contributed by atoms with Crippen LogP contribution in [-0.2, 0) is 21.6 Å². The van der Waals surface area contributed by atoms with Gasteiger partial charge in [-0.15, -0.1) is 11.3 Å². The lowest BCUT2D eigenvalue weighted by Crippen LogP contribution is -2.13. The summed E-state index contributed by atoms with van der Waals surface area (Å²) >= 11 is 1.59. The van der Waals surface area contributed by atoms with Crippen LogP contribution in [0, 0.1) is 13.8 Å². The third kappa shape index (κ3) is 4.80. The standard InChI is InChI=1S/C20H24O2S/c1-14-11-16(20(3,4)5)12-15(2)18(14)13-22-19(21)9-8-17-7-6-10-23-17/h6-12H,13H2,1-5H3/b9-8+. The van der Waals surface area contributed by atoms with Gasteiger partial charge >= 0.3 is 5.97 Å². The van der Waals surface area contributed by atoms with Gasteiger partial charge in [-0.25, -0.2) is 4.79 Å². The summed E-state index contributed by atoms with van der Waals surface area (Å²) in [4.78, 5) is 12.9. The number of rotatable bonds is 4. The van der Waals surface area contributed by atoms with Crippen LogP contribution in [0.15, 0.2) is 35.7 Å². The Morgan fingerprint density at radius 3 is 2.39 bits per heavy atom. The summed E-state index contributed by atoms with van der Waals surface area (Å²) in [6.07, 6.45) is 3.27. The van der Waals surface area contributed by atoms with Crippen molar-refractivity contribution in [1.29, 1.82) is 0 Å². The maximum Gasteiger partial charge on any atom is 0.331 e. The molecule has 2 nitrogen and oxygen atoms in total. The van der Waals surface area contributed by atoms with Crippen LogP contribution in [0.5, 0.6) is 0 Å². The fourth-order valence-electron chi connectivity index (χ4n) is 2.38. The van der Waals surface area contributed by atoms with E-state index in [-0.39, 0.29) is 11.4 Å². The van der Waals surface area contributed by atoms with Gasteiger partial charge in [-0.05, 0) is 59.0 Å². The monoisotopic (exact) mass is 328 g/mol. The number of benzene rings is 1. The first kappa shape index (κ1) is 17.5. The Labute approximate surface area is 142 Å². The van der Waals surface area contributed by atoms with Gasteiger partial charge in [0, 0.05) is 11.0 Å². The predicted molar refractivity (Wildman–Crippen MR) is 97.8 cm³/mol. The second-order valence-electron chi connectivity index (χ2n) is 6.80. The van der Waals surface area contributed by atoms with Gasteiger partial charge in [0.2, 0.25) is 0 Å². The summed E-state index contributed by atoms with van der Waals surface area (Å²) in [6, 6.07) is 8.31. The first-order valence-electron chi connectivity index (χ1n) is 7.76. The number of hydrogen-bond donors (Lipinski definition) is 0. The Hall–Kier alpha value is -1.87. The van der Waals surface area contributed by atoms with E-state index in [4.69, 9.17) is 4.74 Å². The molecule has 0 unspecified atom stereocenters. The van der Waals surface area contributed by atoms with Gasteiger partial charge in [-0.1, -0.05) is 39.0 Å². The SMILES string of the molecule is Cc1cc(C(C)(C)C)cc(C)c1COC(=O)/C=C/c1cccs1. The molecule has 0 saturated heterocycles. The van der Waals surface area contributed by atoms with Gasteiger partial charge in [0.25, 0.3) is 0 Å². The van der Waals surface area contributed by atoms with E-state index >= 15 is 0 Å². The number of carbonyl (C=O) groups excluding carboxylic acids is 1. The van der Waals surface area contributed by atoms with E-state index in [9.17, 15) is 4.79 Å². The lowest BCUT2D eigenvalue weighted by molar-refractivity contribution is -0.138. The van der Waals surface area contributed by atoms with Crippen molar-refractivity contribution in [2.75, 3.05) is 0 Å². The molecule has 0 N–H and O–H groups in total. The minimum atomic E-state index is -0.308. The molecule has 0 aliphatic heterocycles. The van der Waals surface area contributed by atoms with Crippen LogP contribution in [-0.4, -0.2) is 5.97 Å². The van der Waals surface area contributed by atoms with Gasteiger partial charge in [0.15, 0.2) is 0 Å². The second kappa shape index (κ2) is 7.14. The Morgan fingerprint density at radius 2 is 1.87 bits per heavy atom. The molecule has 0 amide bonds. The fourth-order valence-corrected chi connectivity index (χ4v) is 3.00. The molecule has 0 fully saturated rings. The molecule has 0 bridgehead atoms. The highest BCUT2D eigenvalue weighted by molar-refractivity contribution is 7.10. The molecule has 122 valence electrons. The zero-order chi connectivity index (χ0) is 17.0. The topological polar surface area (TPSA) is 26.3 Å². The number of ether oxygens (including phenoxy) is 1. The van der Waals surface area contributed by atoms with Crippen molar-refractivity contribution in [1.82, 2.24) is 0 Å². The van der Waals surface area contributed by atoms with Gasteiger partial charge in [0.05, 0.1) is 0 Å². The summed E-state index contributed by atoms with van der Waals surface area (Å²) in [5.74, 6) is -0.308. The van der Waals surface area contributed by atoms with E-state index in [1.54, 1.807) is 17.4 Å². The highest BCUT2D eigenvalue weighted by atomic mass is 32.1. The lowest BCUT2D eigenvalue weighted by atomic mass is 9.84. The first-order valence-corrected chi connectivity index (χ1v) is 8.64. The summed E-state index contributed by atoms with van der Waals surface area (Å²) in [5, 5.41) is 1.98. The average molecular weight is 328 g/mol. The Kier molecular flexibility index (Phi) is 5.42. The third-order valence-electron chi connectivity index (χ3n) is 3.85. The molecule has 0 spiro atoms. The van der Waals surface area contributed by atoms with E-state index in [0.717, 1.165) is 10.4 Å². The highest BCUT2D eigenvalue weighted by Crippen LogP contribution is 2.27. The zero-order valence-electron chi connectivity index (χ0n) is 14.5.